The van der Waals surface area contributed by atoms with E-state index in [1.54, 1.807) is 35.0 Å². The minimum absolute atomic E-state index is 0.123. The second kappa shape index (κ2) is 21.5. The molecule has 0 aromatic carbocycles. The van der Waals surface area contributed by atoms with Crippen LogP contribution in [0.2, 0.25) is 0 Å². The van der Waals surface area contributed by atoms with Gasteiger partial charge in [-0.2, -0.15) is 0 Å². The Morgan fingerprint density at radius 1 is 0.959 bits per heavy atom. The molecule has 13 atom stereocenters. The highest BCUT2D eigenvalue weighted by Gasteiger charge is 2.49. The van der Waals surface area contributed by atoms with Gasteiger partial charge in [-0.15, -0.1) is 11.8 Å². The highest BCUT2D eigenvalue weighted by Crippen LogP contribution is 2.40. The summed E-state index contributed by atoms with van der Waals surface area (Å²) in [6.45, 7) is 25.1. The first-order valence-electron chi connectivity index (χ1n) is 17.9. The van der Waals surface area contributed by atoms with Crippen molar-refractivity contribution in [2.75, 3.05) is 21.1 Å². The van der Waals surface area contributed by atoms with Gasteiger partial charge in [-0.25, -0.2) is 4.39 Å². The standard InChI is InChI=1S/C32H58FNO9.C4H6.C2H6/c1-13-24-32(10,37)28(35)20(4)26(34-40-17-33)18(2)14-30(8,38-11)15-19(3)27(21(5)29(36)42-24)43-25-16-31(9,39-12)22(6)23(7)41-25;1-3-4-2;1-2/h18-25,27-28,35,37H,13-17H2,1-12H3;1-2H3;1-2H3/b34-26+;;/t18-,19-,20?,21-,22+,23?,24-,25+,27+,28?,30-,31-,32-;;/m1../s1. The summed E-state index contributed by atoms with van der Waals surface area (Å²) < 4.78 is 43.8. The Labute approximate surface area is 297 Å². The lowest BCUT2D eigenvalue weighted by atomic mass is 9.75. The average Bonchev–Trinajstić information content (AvgIpc) is 3.07. The number of aliphatic hydroxyl groups excluding tert-OH is 1. The topological polar surface area (TPSA) is 125 Å². The Bertz CT molecular complexity index is 1060. The molecule has 11 heteroatoms. The molecule has 2 saturated heterocycles. The Morgan fingerprint density at radius 2 is 1.53 bits per heavy atom. The smallest absolute Gasteiger partial charge is 0.311 e. The molecule has 0 saturated carbocycles. The van der Waals surface area contributed by atoms with Crippen LogP contribution >= 0.6 is 0 Å². The van der Waals surface area contributed by atoms with Gasteiger partial charge in [0.2, 0.25) is 0 Å². The number of rotatable bonds is 7. The number of ether oxygens (including phenoxy) is 5. The largest absolute Gasteiger partial charge is 0.459 e. The molecular weight excluding hydrogens is 633 g/mol. The first kappa shape index (κ1) is 47.2. The van der Waals surface area contributed by atoms with E-state index in [0.717, 1.165) is 0 Å². The summed E-state index contributed by atoms with van der Waals surface area (Å²) in [7, 11) is 3.31. The number of carbonyl (C=O) groups excluding carboxylic acids is 1. The number of oxime groups is 1. The number of nitrogens with zero attached hydrogens (tertiary/aromatic N) is 1. The van der Waals surface area contributed by atoms with E-state index in [-0.39, 0.29) is 30.3 Å². The highest BCUT2D eigenvalue weighted by molar-refractivity contribution is 5.88. The van der Waals surface area contributed by atoms with Crippen molar-refractivity contribution in [2.24, 2.45) is 34.7 Å². The van der Waals surface area contributed by atoms with Crippen molar-refractivity contribution in [1.29, 1.82) is 0 Å². The van der Waals surface area contributed by atoms with Crippen molar-refractivity contribution >= 4 is 11.7 Å². The van der Waals surface area contributed by atoms with Gasteiger partial charge in [0, 0.05) is 38.4 Å². The number of alkyl halides is 1. The summed E-state index contributed by atoms with van der Waals surface area (Å²) >= 11 is 0. The molecule has 2 heterocycles. The molecule has 0 radical (unpaired) electrons. The minimum atomic E-state index is -1.85. The fourth-order valence-electron chi connectivity index (χ4n) is 7.06. The number of aliphatic hydroxyl groups is 2. The molecule has 0 aromatic rings. The average molecular weight is 704 g/mol. The number of methoxy groups -OCH3 is 2. The third kappa shape index (κ3) is 12.7. The number of hydrogen-bond donors (Lipinski definition) is 2. The number of esters is 1. The van der Waals surface area contributed by atoms with E-state index >= 15 is 0 Å². The van der Waals surface area contributed by atoms with E-state index in [1.165, 1.54) is 6.92 Å². The number of carbonyl (C=O) groups is 1. The molecule has 0 aliphatic carbocycles. The number of cyclic esters (lactones) is 1. The van der Waals surface area contributed by atoms with Gasteiger partial charge in [0.15, 0.2) is 6.29 Å². The molecule has 49 heavy (non-hydrogen) atoms. The molecule has 0 amide bonds. The van der Waals surface area contributed by atoms with Gasteiger partial charge in [-0.1, -0.05) is 53.6 Å². The Kier molecular flexibility index (Phi) is 20.7. The molecule has 3 unspecified atom stereocenters. The second-order valence-electron chi connectivity index (χ2n) is 14.2. The van der Waals surface area contributed by atoms with Gasteiger partial charge in [0.05, 0.1) is 41.1 Å². The number of hydrogen-bond acceptors (Lipinski definition) is 10. The molecule has 2 aliphatic heterocycles. The summed E-state index contributed by atoms with van der Waals surface area (Å²) in [5.41, 5.74) is -2.68. The summed E-state index contributed by atoms with van der Waals surface area (Å²) in [4.78, 5) is 18.5. The fourth-order valence-corrected chi connectivity index (χ4v) is 7.06. The van der Waals surface area contributed by atoms with Crippen LogP contribution in [-0.2, 0) is 33.3 Å². The van der Waals surface area contributed by atoms with Crippen LogP contribution in [0.4, 0.5) is 4.39 Å². The maximum absolute atomic E-state index is 13.7. The quantitative estimate of drug-likeness (QED) is 0.163. The van der Waals surface area contributed by atoms with Gasteiger partial charge in [-0.05, 0) is 73.6 Å². The van der Waals surface area contributed by atoms with Gasteiger partial charge >= 0.3 is 5.97 Å². The van der Waals surface area contributed by atoms with Gasteiger partial charge in [0.1, 0.15) is 11.7 Å². The van der Waals surface area contributed by atoms with Gasteiger partial charge in [-0.3, -0.25) is 4.79 Å². The Balaban J connectivity index is 0.00000356. The van der Waals surface area contributed by atoms with Crippen molar-refractivity contribution in [3.8, 4) is 11.8 Å². The molecule has 2 N–H and O–H groups in total. The van der Waals surface area contributed by atoms with E-state index in [2.05, 4.69) is 23.9 Å². The predicted octanol–water partition coefficient (Wildman–Crippen LogP) is 7.08. The van der Waals surface area contributed by atoms with E-state index < -0.39 is 66.1 Å². The monoisotopic (exact) mass is 704 g/mol. The lowest BCUT2D eigenvalue weighted by Crippen LogP contribution is -2.56. The maximum atomic E-state index is 13.7. The van der Waals surface area contributed by atoms with Crippen LogP contribution in [0.25, 0.3) is 0 Å². The summed E-state index contributed by atoms with van der Waals surface area (Å²) in [6, 6.07) is 0. The van der Waals surface area contributed by atoms with Gasteiger partial charge in [0.25, 0.3) is 6.86 Å². The molecule has 0 bridgehead atoms. The van der Waals surface area contributed by atoms with Gasteiger partial charge < -0.3 is 38.7 Å². The lowest BCUT2D eigenvalue weighted by Gasteiger charge is -2.47. The van der Waals surface area contributed by atoms with Crippen LogP contribution in [0, 0.1) is 41.4 Å². The van der Waals surface area contributed by atoms with Crippen LogP contribution in [0.1, 0.15) is 123 Å². The van der Waals surface area contributed by atoms with Crippen molar-refractivity contribution < 1.29 is 47.9 Å². The van der Waals surface area contributed by atoms with E-state index in [9.17, 15) is 19.4 Å². The lowest BCUT2D eigenvalue weighted by molar-refractivity contribution is -0.282. The Morgan fingerprint density at radius 3 is 2.00 bits per heavy atom. The summed E-state index contributed by atoms with van der Waals surface area (Å²) in [6.07, 6.45) is -2.19. The highest BCUT2D eigenvalue weighted by atomic mass is 19.1. The zero-order valence-corrected chi connectivity index (χ0v) is 33.4. The van der Waals surface area contributed by atoms with Crippen molar-refractivity contribution in [3.05, 3.63) is 0 Å². The van der Waals surface area contributed by atoms with Crippen molar-refractivity contribution in [3.63, 3.8) is 0 Å². The Hall–Kier alpha value is -1.81. The normalized spacial score (nSPS) is 41.4. The second-order valence-corrected chi connectivity index (χ2v) is 14.2. The molecule has 2 fully saturated rings. The maximum Gasteiger partial charge on any atom is 0.311 e. The van der Waals surface area contributed by atoms with E-state index in [1.807, 2.05) is 62.3 Å². The minimum Gasteiger partial charge on any atom is -0.459 e. The third-order valence-electron chi connectivity index (χ3n) is 10.6. The molecule has 2 aliphatic rings. The third-order valence-corrected chi connectivity index (χ3v) is 10.6. The zero-order valence-electron chi connectivity index (χ0n) is 33.4. The predicted molar refractivity (Wildman–Crippen MR) is 191 cm³/mol. The van der Waals surface area contributed by atoms with Crippen LogP contribution < -0.4 is 0 Å². The molecular formula is C38H70FNO9. The zero-order chi connectivity index (χ0) is 38.3. The molecule has 0 aromatic heterocycles. The fraction of sp³-hybridized carbons (Fsp3) is 0.895. The van der Waals surface area contributed by atoms with Crippen LogP contribution in [0.3, 0.4) is 0 Å². The van der Waals surface area contributed by atoms with E-state index in [4.69, 9.17) is 28.5 Å². The summed E-state index contributed by atoms with van der Waals surface area (Å²) in [5.74, 6) is 2.91. The summed E-state index contributed by atoms with van der Waals surface area (Å²) in [5, 5.41) is 27.0. The van der Waals surface area contributed by atoms with Crippen LogP contribution in [-0.4, -0.2) is 90.5 Å². The SMILES string of the molecule is CC.CC#CC.CC[C@H]1OC(=O)[C@H](C)[C@@H](O[C@H]2C[C@@](C)(OC)[C@@H](C)C(C)O2)[C@H](C)C[C@](C)(OC)C[C@@H](C)/C(=N\OCF)C(C)C(O)[C@]1(C)O. The van der Waals surface area contributed by atoms with Crippen molar-refractivity contribution in [1.82, 2.24) is 0 Å². The molecule has 2 rings (SSSR count). The first-order chi connectivity index (χ1) is 22.8. The molecule has 10 nitrogen and oxygen atoms in total. The van der Waals surface area contributed by atoms with Crippen LogP contribution in [0.5, 0.6) is 0 Å². The van der Waals surface area contributed by atoms with Crippen LogP contribution in [0.15, 0.2) is 5.16 Å². The van der Waals surface area contributed by atoms with Crippen molar-refractivity contribution in [2.45, 2.75) is 170 Å². The first-order valence-corrected chi connectivity index (χ1v) is 17.9. The number of halogens is 1. The molecule has 288 valence electrons. The molecule has 0 spiro atoms. The van der Waals surface area contributed by atoms with E-state index in [0.29, 0.717) is 25.0 Å².